The molecule has 0 aliphatic rings. The largest absolute Gasteiger partial charge is 0.355 e. The maximum atomic E-state index is 13.0. The minimum absolute atomic E-state index is 0.00908. The second-order valence-electron chi connectivity index (χ2n) is 8.17. The Balaban J connectivity index is 1.49. The molecule has 0 radical (unpaired) electrons. The van der Waals surface area contributed by atoms with Crippen molar-refractivity contribution < 1.29 is 4.79 Å². The van der Waals surface area contributed by atoms with Crippen molar-refractivity contribution in [2.75, 3.05) is 6.54 Å². The first-order chi connectivity index (χ1) is 15.6. The number of unbranched alkanes of at least 4 members (excludes halogenated alkanes) is 2. The van der Waals surface area contributed by atoms with Crippen molar-refractivity contribution in [2.45, 2.75) is 58.4 Å². The van der Waals surface area contributed by atoms with E-state index in [2.05, 4.69) is 41.5 Å². The molecule has 0 aliphatic carbocycles. The summed E-state index contributed by atoms with van der Waals surface area (Å²) in [6, 6.07) is 12.1. The van der Waals surface area contributed by atoms with Crippen molar-refractivity contribution in [3.8, 4) is 0 Å². The van der Waals surface area contributed by atoms with E-state index in [4.69, 9.17) is 0 Å². The maximum absolute atomic E-state index is 13.0. The Morgan fingerprint density at radius 2 is 1.97 bits per heavy atom. The molecule has 0 spiro atoms. The van der Waals surface area contributed by atoms with E-state index in [0.717, 1.165) is 24.8 Å². The van der Waals surface area contributed by atoms with Gasteiger partial charge in [-0.1, -0.05) is 57.0 Å². The number of carbonyl (C=O) groups is 1. The van der Waals surface area contributed by atoms with E-state index in [0.29, 0.717) is 42.2 Å². The number of benzene rings is 1. The van der Waals surface area contributed by atoms with Crippen LogP contribution in [0.4, 0.5) is 0 Å². The summed E-state index contributed by atoms with van der Waals surface area (Å²) in [7, 11) is 0. The standard InChI is InChI=1S/C24H29N5O2S/c1-3-4-8-14-28-23(31)22-19(13-15-32-22)29-20(26-27-24(28)29)11-12-21(30)25-16-17(2)18-9-6-5-7-10-18/h5-7,9-10,13,15,17H,3-4,8,11-12,14,16H2,1-2H3,(H,25,30). The lowest BCUT2D eigenvalue weighted by Crippen LogP contribution is -2.28. The summed E-state index contributed by atoms with van der Waals surface area (Å²) < 4.78 is 4.38. The third-order valence-electron chi connectivity index (χ3n) is 5.81. The lowest BCUT2D eigenvalue weighted by molar-refractivity contribution is -0.121. The second kappa shape index (κ2) is 10.1. The van der Waals surface area contributed by atoms with E-state index >= 15 is 0 Å². The summed E-state index contributed by atoms with van der Waals surface area (Å²) in [4.78, 5) is 25.5. The highest BCUT2D eigenvalue weighted by atomic mass is 32.1. The zero-order valence-electron chi connectivity index (χ0n) is 18.6. The van der Waals surface area contributed by atoms with E-state index in [1.807, 2.05) is 34.0 Å². The van der Waals surface area contributed by atoms with E-state index in [9.17, 15) is 9.59 Å². The van der Waals surface area contributed by atoms with Gasteiger partial charge >= 0.3 is 0 Å². The molecule has 1 atom stereocenters. The summed E-state index contributed by atoms with van der Waals surface area (Å²) in [6.07, 6.45) is 3.85. The van der Waals surface area contributed by atoms with Crippen LogP contribution < -0.4 is 10.9 Å². The van der Waals surface area contributed by atoms with Gasteiger partial charge in [0.1, 0.15) is 10.5 Å². The fourth-order valence-corrected chi connectivity index (χ4v) is 4.77. The first-order valence-electron chi connectivity index (χ1n) is 11.3. The molecule has 32 heavy (non-hydrogen) atoms. The number of aromatic nitrogens is 4. The minimum Gasteiger partial charge on any atom is -0.355 e. The van der Waals surface area contributed by atoms with Gasteiger partial charge < -0.3 is 5.32 Å². The first-order valence-corrected chi connectivity index (χ1v) is 12.1. The molecule has 4 rings (SSSR count). The lowest BCUT2D eigenvalue weighted by atomic mass is 10.0. The summed E-state index contributed by atoms with van der Waals surface area (Å²) in [5.74, 6) is 1.50. The molecule has 8 heteroatoms. The molecule has 168 valence electrons. The van der Waals surface area contributed by atoms with Crippen LogP contribution in [-0.4, -0.2) is 31.6 Å². The molecule has 1 aromatic carbocycles. The number of hydrogen-bond donors (Lipinski definition) is 1. The summed E-state index contributed by atoms with van der Waals surface area (Å²) in [5, 5.41) is 13.6. The molecule has 1 amide bonds. The number of thiophene rings is 1. The number of rotatable bonds is 10. The smallest absolute Gasteiger partial charge is 0.272 e. The van der Waals surface area contributed by atoms with Gasteiger partial charge in [0, 0.05) is 25.9 Å². The molecule has 1 unspecified atom stereocenters. The predicted octanol–water partition coefficient (Wildman–Crippen LogP) is 4.15. The Bertz CT molecular complexity index is 1260. The van der Waals surface area contributed by atoms with Gasteiger partial charge in [-0.05, 0) is 29.3 Å². The number of carbonyl (C=O) groups excluding carboxylic acids is 1. The van der Waals surface area contributed by atoms with Crippen LogP contribution in [0, 0.1) is 0 Å². The number of nitrogens with zero attached hydrogens (tertiary/aromatic N) is 4. The Morgan fingerprint density at radius 3 is 2.75 bits per heavy atom. The van der Waals surface area contributed by atoms with Crippen molar-refractivity contribution in [3.05, 3.63) is 63.5 Å². The van der Waals surface area contributed by atoms with Crippen LogP contribution in [0.3, 0.4) is 0 Å². The molecule has 0 saturated carbocycles. The first kappa shape index (κ1) is 22.2. The second-order valence-corrected chi connectivity index (χ2v) is 9.08. The van der Waals surface area contributed by atoms with Crippen molar-refractivity contribution in [2.24, 2.45) is 0 Å². The molecule has 7 nitrogen and oxygen atoms in total. The highest BCUT2D eigenvalue weighted by Crippen LogP contribution is 2.21. The number of nitrogens with one attached hydrogen (secondary N) is 1. The molecular formula is C24H29N5O2S. The summed E-state index contributed by atoms with van der Waals surface area (Å²) in [5.41, 5.74) is 2.02. The van der Waals surface area contributed by atoms with E-state index in [-0.39, 0.29) is 17.4 Å². The van der Waals surface area contributed by atoms with Crippen molar-refractivity contribution in [1.29, 1.82) is 0 Å². The topological polar surface area (TPSA) is 81.3 Å². The molecule has 3 heterocycles. The lowest BCUT2D eigenvalue weighted by Gasteiger charge is -2.13. The Morgan fingerprint density at radius 1 is 1.16 bits per heavy atom. The van der Waals surface area contributed by atoms with Crippen LogP contribution in [-0.2, 0) is 17.8 Å². The molecule has 0 bridgehead atoms. The number of amides is 1. The van der Waals surface area contributed by atoms with Crippen LogP contribution in [0.2, 0.25) is 0 Å². The normalized spacial score (nSPS) is 12.4. The average molecular weight is 452 g/mol. The number of fused-ring (bicyclic) bond motifs is 3. The van der Waals surface area contributed by atoms with Crippen molar-refractivity contribution in [3.63, 3.8) is 0 Å². The maximum Gasteiger partial charge on any atom is 0.272 e. The number of hydrogen-bond acceptors (Lipinski definition) is 5. The zero-order valence-corrected chi connectivity index (χ0v) is 19.4. The van der Waals surface area contributed by atoms with Gasteiger partial charge in [0.05, 0.1) is 5.52 Å². The summed E-state index contributed by atoms with van der Waals surface area (Å²) >= 11 is 1.44. The summed E-state index contributed by atoms with van der Waals surface area (Å²) in [6.45, 7) is 5.46. The average Bonchev–Trinajstić information content (AvgIpc) is 3.46. The van der Waals surface area contributed by atoms with Crippen molar-refractivity contribution in [1.82, 2.24) is 24.5 Å². The van der Waals surface area contributed by atoms with Gasteiger partial charge in [0.25, 0.3) is 5.56 Å². The highest BCUT2D eigenvalue weighted by molar-refractivity contribution is 7.17. The monoisotopic (exact) mass is 451 g/mol. The molecular weight excluding hydrogens is 422 g/mol. The quantitative estimate of drug-likeness (QED) is 0.367. The predicted molar refractivity (Wildman–Crippen MR) is 128 cm³/mol. The van der Waals surface area contributed by atoms with Gasteiger partial charge in [0.15, 0.2) is 0 Å². The van der Waals surface area contributed by atoms with Gasteiger partial charge in [-0.3, -0.25) is 18.6 Å². The Labute approximate surface area is 191 Å². The Kier molecular flexibility index (Phi) is 6.99. The fourth-order valence-electron chi connectivity index (χ4n) is 3.94. The van der Waals surface area contributed by atoms with Gasteiger partial charge in [0.2, 0.25) is 11.7 Å². The highest BCUT2D eigenvalue weighted by Gasteiger charge is 2.18. The van der Waals surface area contributed by atoms with Crippen molar-refractivity contribution >= 4 is 33.2 Å². The van der Waals surface area contributed by atoms with E-state index in [1.165, 1.54) is 16.9 Å². The van der Waals surface area contributed by atoms with Crippen LogP contribution in [0.5, 0.6) is 0 Å². The van der Waals surface area contributed by atoms with E-state index in [1.54, 1.807) is 4.57 Å². The third-order valence-corrected chi connectivity index (χ3v) is 6.71. The molecule has 0 saturated heterocycles. The van der Waals surface area contributed by atoms with Crippen LogP contribution in [0.15, 0.2) is 46.6 Å². The van der Waals surface area contributed by atoms with Gasteiger partial charge in [-0.15, -0.1) is 21.5 Å². The molecule has 1 N–H and O–H groups in total. The van der Waals surface area contributed by atoms with E-state index < -0.39 is 0 Å². The zero-order chi connectivity index (χ0) is 22.5. The van der Waals surface area contributed by atoms with Gasteiger partial charge in [-0.25, -0.2) is 0 Å². The molecule has 3 aromatic heterocycles. The van der Waals surface area contributed by atoms with Crippen LogP contribution in [0.1, 0.15) is 56.8 Å². The third kappa shape index (κ3) is 4.60. The Hall–Kier alpha value is -3.00. The SMILES string of the molecule is CCCCCn1c(=O)c2sccc2n2c(CCC(=O)NCC(C)c3ccccc3)nnc12. The minimum atomic E-state index is -0.0117. The van der Waals surface area contributed by atoms with Crippen LogP contribution in [0.25, 0.3) is 16.0 Å². The molecule has 0 fully saturated rings. The molecule has 0 aliphatic heterocycles. The van der Waals surface area contributed by atoms with Crippen LogP contribution >= 0.6 is 11.3 Å². The number of aryl methyl sites for hydroxylation is 2. The van der Waals surface area contributed by atoms with Gasteiger partial charge in [-0.2, -0.15) is 0 Å². The fraction of sp³-hybridized carbons (Fsp3) is 0.417. The molecule has 4 aromatic rings.